The highest BCUT2D eigenvalue weighted by Gasteiger charge is 2.31. The minimum Gasteiger partial charge on any atom is -0.381 e. The second kappa shape index (κ2) is 7.42. The van der Waals surface area contributed by atoms with E-state index in [0.717, 1.165) is 32.5 Å². The topological polar surface area (TPSA) is 59.1 Å². The third kappa shape index (κ3) is 3.79. The Balaban J connectivity index is 1.43. The van der Waals surface area contributed by atoms with Crippen molar-refractivity contribution < 1.29 is 19.1 Å². The zero-order valence-corrected chi connectivity index (χ0v) is 13.2. The van der Waals surface area contributed by atoms with E-state index in [2.05, 4.69) is 0 Å². The number of carbonyl (C=O) groups excluding carboxylic acids is 2. The second-order valence-electron chi connectivity index (χ2n) is 6.53. The average Bonchev–Trinajstić information content (AvgIpc) is 3.08. The van der Waals surface area contributed by atoms with E-state index in [1.165, 1.54) is 0 Å². The highest BCUT2D eigenvalue weighted by molar-refractivity contribution is 5.80. The number of likely N-dealkylation sites (tertiary alicyclic amines) is 1. The van der Waals surface area contributed by atoms with Crippen LogP contribution in [0.1, 0.15) is 25.7 Å². The molecule has 0 aromatic rings. The highest BCUT2D eigenvalue weighted by atomic mass is 16.5. The van der Waals surface area contributed by atoms with Gasteiger partial charge in [0.25, 0.3) is 0 Å². The average molecular weight is 310 g/mol. The van der Waals surface area contributed by atoms with Crippen molar-refractivity contribution in [2.45, 2.75) is 25.7 Å². The summed E-state index contributed by atoms with van der Waals surface area (Å²) in [5.41, 5.74) is 0. The van der Waals surface area contributed by atoms with Gasteiger partial charge in [0, 0.05) is 51.7 Å². The number of hydrogen-bond acceptors (Lipinski definition) is 4. The lowest BCUT2D eigenvalue weighted by atomic mass is 9.94. The second-order valence-corrected chi connectivity index (χ2v) is 6.53. The predicted octanol–water partition coefficient (Wildman–Crippen LogP) is 0.510. The van der Waals surface area contributed by atoms with Gasteiger partial charge in [0.1, 0.15) is 0 Å². The molecule has 3 fully saturated rings. The van der Waals surface area contributed by atoms with E-state index in [0.29, 0.717) is 51.7 Å². The molecule has 0 N–H and O–H groups in total. The molecule has 1 unspecified atom stereocenters. The molecule has 0 bridgehead atoms. The van der Waals surface area contributed by atoms with Crippen LogP contribution in [0.5, 0.6) is 0 Å². The van der Waals surface area contributed by atoms with Crippen molar-refractivity contribution >= 4 is 11.8 Å². The first-order valence-corrected chi connectivity index (χ1v) is 8.46. The van der Waals surface area contributed by atoms with Gasteiger partial charge in [-0.3, -0.25) is 9.59 Å². The van der Waals surface area contributed by atoms with Gasteiger partial charge in [-0.05, 0) is 25.2 Å². The van der Waals surface area contributed by atoms with Gasteiger partial charge in [0.05, 0.1) is 13.2 Å². The Morgan fingerprint density at radius 2 is 1.59 bits per heavy atom. The lowest BCUT2D eigenvalue weighted by Gasteiger charge is -2.35. The molecule has 124 valence electrons. The Hall–Kier alpha value is -1.14. The summed E-state index contributed by atoms with van der Waals surface area (Å²) in [5.74, 6) is 0.949. The Labute approximate surface area is 131 Å². The Morgan fingerprint density at radius 3 is 2.23 bits per heavy atom. The zero-order chi connectivity index (χ0) is 15.4. The maximum absolute atomic E-state index is 12.5. The molecule has 0 saturated carbocycles. The summed E-state index contributed by atoms with van der Waals surface area (Å²) in [4.78, 5) is 28.6. The van der Waals surface area contributed by atoms with Gasteiger partial charge in [0.15, 0.2) is 0 Å². The number of rotatable bonds is 3. The first-order chi connectivity index (χ1) is 10.7. The quantitative estimate of drug-likeness (QED) is 0.762. The smallest absolute Gasteiger partial charge is 0.225 e. The van der Waals surface area contributed by atoms with Crippen LogP contribution < -0.4 is 0 Å². The molecule has 1 atom stereocenters. The molecule has 3 aliphatic heterocycles. The minimum absolute atomic E-state index is 0.0805. The van der Waals surface area contributed by atoms with Crippen molar-refractivity contribution in [2.24, 2.45) is 11.8 Å². The number of amides is 2. The molecular formula is C16H26N2O4. The van der Waals surface area contributed by atoms with E-state index < -0.39 is 0 Å². The fourth-order valence-corrected chi connectivity index (χ4v) is 3.54. The molecule has 0 spiro atoms. The van der Waals surface area contributed by atoms with E-state index in [1.807, 2.05) is 9.80 Å². The van der Waals surface area contributed by atoms with Crippen LogP contribution in [0.15, 0.2) is 0 Å². The molecule has 6 heteroatoms. The van der Waals surface area contributed by atoms with Crippen LogP contribution >= 0.6 is 0 Å². The molecule has 0 aromatic heterocycles. The Kier molecular flexibility index (Phi) is 5.31. The number of hydrogen-bond donors (Lipinski definition) is 0. The van der Waals surface area contributed by atoms with Crippen molar-refractivity contribution in [2.75, 3.05) is 52.6 Å². The molecule has 6 nitrogen and oxygen atoms in total. The van der Waals surface area contributed by atoms with Crippen molar-refractivity contribution in [3.05, 3.63) is 0 Å². The lowest BCUT2D eigenvalue weighted by molar-refractivity contribution is -0.144. The monoisotopic (exact) mass is 310 g/mol. The van der Waals surface area contributed by atoms with Crippen LogP contribution in [0.3, 0.4) is 0 Å². The summed E-state index contributed by atoms with van der Waals surface area (Å²) < 4.78 is 10.6. The SMILES string of the molecule is O=C(CC1CCOC1)N1CCC(C(=O)N2CCOCC2)CC1. The molecule has 0 radical (unpaired) electrons. The number of nitrogens with zero attached hydrogens (tertiary/aromatic N) is 2. The molecule has 3 saturated heterocycles. The predicted molar refractivity (Wildman–Crippen MR) is 80.2 cm³/mol. The Morgan fingerprint density at radius 1 is 0.864 bits per heavy atom. The fourth-order valence-electron chi connectivity index (χ4n) is 3.54. The van der Waals surface area contributed by atoms with Gasteiger partial charge in [-0.15, -0.1) is 0 Å². The van der Waals surface area contributed by atoms with Crippen LogP contribution in [-0.2, 0) is 19.1 Å². The third-order valence-electron chi connectivity index (χ3n) is 5.01. The van der Waals surface area contributed by atoms with Gasteiger partial charge in [-0.25, -0.2) is 0 Å². The van der Waals surface area contributed by atoms with Crippen LogP contribution in [0.2, 0.25) is 0 Å². The normalized spacial score (nSPS) is 27.2. The maximum atomic E-state index is 12.5. The van der Waals surface area contributed by atoms with Crippen LogP contribution in [0, 0.1) is 11.8 Å². The first-order valence-electron chi connectivity index (χ1n) is 8.46. The Bertz CT molecular complexity index is 395. The highest BCUT2D eigenvalue weighted by Crippen LogP contribution is 2.23. The molecule has 22 heavy (non-hydrogen) atoms. The minimum atomic E-state index is 0.0805. The van der Waals surface area contributed by atoms with Crippen LogP contribution in [0.4, 0.5) is 0 Å². The summed E-state index contributed by atoms with van der Waals surface area (Å²) >= 11 is 0. The van der Waals surface area contributed by atoms with E-state index in [4.69, 9.17) is 9.47 Å². The molecular weight excluding hydrogens is 284 g/mol. The standard InChI is InChI=1S/C16H26N2O4/c19-15(11-13-3-8-22-12-13)17-4-1-14(2-5-17)16(20)18-6-9-21-10-7-18/h13-14H,1-12H2. The van der Waals surface area contributed by atoms with E-state index in [9.17, 15) is 9.59 Å². The number of carbonyl (C=O) groups is 2. The van der Waals surface area contributed by atoms with Gasteiger partial charge in [0.2, 0.25) is 11.8 Å². The molecule has 0 aromatic carbocycles. The van der Waals surface area contributed by atoms with E-state index in [-0.39, 0.29) is 17.7 Å². The molecule has 2 amide bonds. The van der Waals surface area contributed by atoms with Gasteiger partial charge >= 0.3 is 0 Å². The number of morpholine rings is 1. The van der Waals surface area contributed by atoms with Crippen LogP contribution in [0.25, 0.3) is 0 Å². The first kappa shape index (κ1) is 15.7. The van der Waals surface area contributed by atoms with Crippen molar-refractivity contribution in [3.8, 4) is 0 Å². The van der Waals surface area contributed by atoms with Crippen molar-refractivity contribution in [1.82, 2.24) is 9.80 Å². The lowest BCUT2D eigenvalue weighted by Crippen LogP contribution is -2.47. The summed E-state index contributed by atoms with van der Waals surface area (Å²) in [6, 6.07) is 0. The maximum Gasteiger partial charge on any atom is 0.225 e. The molecule has 0 aliphatic carbocycles. The third-order valence-corrected chi connectivity index (χ3v) is 5.01. The van der Waals surface area contributed by atoms with Gasteiger partial charge < -0.3 is 19.3 Å². The van der Waals surface area contributed by atoms with E-state index in [1.54, 1.807) is 0 Å². The number of piperidine rings is 1. The zero-order valence-electron chi connectivity index (χ0n) is 13.2. The molecule has 3 heterocycles. The van der Waals surface area contributed by atoms with Crippen molar-refractivity contribution in [1.29, 1.82) is 0 Å². The molecule has 3 rings (SSSR count). The van der Waals surface area contributed by atoms with Crippen LogP contribution in [-0.4, -0.2) is 74.2 Å². The van der Waals surface area contributed by atoms with Gasteiger partial charge in [-0.1, -0.05) is 0 Å². The van der Waals surface area contributed by atoms with Crippen molar-refractivity contribution in [3.63, 3.8) is 0 Å². The summed E-state index contributed by atoms with van der Waals surface area (Å²) in [5, 5.41) is 0. The molecule has 3 aliphatic rings. The summed E-state index contributed by atoms with van der Waals surface area (Å²) in [6.45, 7) is 5.64. The summed E-state index contributed by atoms with van der Waals surface area (Å²) in [7, 11) is 0. The number of ether oxygens (including phenoxy) is 2. The van der Waals surface area contributed by atoms with Gasteiger partial charge in [-0.2, -0.15) is 0 Å². The van der Waals surface area contributed by atoms with E-state index >= 15 is 0 Å². The fraction of sp³-hybridized carbons (Fsp3) is 0.875. The largest absolute Gasteiger partial charge is 0.381 e. The summed E-state index contributed by atoms with van der Waals surface area (Å²) in [6.07, 6.45) is 3.19.